The third-order valence-corrected chi connectivity index (χ3v) is 3.83. The predicted molar refractivity (Wildman–Crippen MR) is 76.2 cm³/mol. The highest BCUT2D eigenvalue weighted by Gasteiger charge is 2.37. The molecule has 1 aromatic rings. The van der Waals surface area contributed by atoms with E-state index in [-0.39, 0.29) is 11.8 Å². The molecule has 1 aliphatic rings. The van der Waals surface area contributed by atoms with Crippen molar-refractivity contribution < 1.29 is 9.53 Å². The number of hydrogen-bond donors (Lipinski definition) is 1. The molecule has 1 N–H and O–H groups in total. The van der Waals surface area contributed by atoms with Gasteiger partial charge in [0.05, 0.1) is 19.3 Å². The summed E-state index contributed by atoms with van der Waals surface area (Å²) < 4.78 is 7.68. The lowest BCUT2D eigenvalue weighted by Crippen LogP contribution is -2.52. The largest absolute Gasteiger partial charge is 0.367 e. The third-order valence-electron chi connectivity index (χ3n) is 3.83. The summed E-state index contributed by atoms with van der Waals surface area (Å²) >= 11 is 0. The zero-order valence-corrected chi connectivity index (χ0v) is 12.7. The van der Waals surface area contributed by atoms with Crippen LogP contribution in [0.25, 0.3) is 0 Å². The molecule has 0 bridgehead atoms. The Morgan fingerprint density at radius 3 is 3.00 bits per heavy atom. The van der Waals surface area contributed by atoms with E-state index in [2.05, 4.69) is 10.4 Å². The first kappa shape index (κ1) is 15.0. The first-order valence-electron chi connectivity index (χ1n) is 7.03. The lowest BCUT2D eigenvalue weighted by atomic mass is 9.96. The van der Waals surface area contributed by atoms with Gasteiger partial charge in [0.15, 0.2) is 0 Å². The molecule has 2 heterocycles. The Morgan fingerprint density at radius 2 is 2.40 bits per heavy atom. The monoisotopic (exact) mass is 280 g/mol. The molecule has 0 aromatic carbocycles. The van der Waals surface area contributed by atoms with Gasteiger partial charge in [-0.2, -0.15) is 5.10 Å². The molecule has 1 amide bonds. The van der Waals surface area contributed by atoms with Crippen LogP contribution in [0.15, 0.2) is 12.4 Å². The van der Waals surface area contributed by atoms with Crippen molar-refractivity contribution in [3.63, 3.8) is 0 Å². The fourth-order valence-corrected chi connectivity index (χ4v) is 2.63. The normalized spacial score (nSPS) is 24.7. The number of hydrogen-bond acceptors (Lipinski definition) is 4. The molecule has 0 aliphatic carbocycles. The zero-order valence-electron chi connectivity index (χ0n) is 12.7. The van der Waals surface area contributed by atoms with Crippen LogP contribution >= 0.6 is 0 Å². The lowest BCUT2D eigenvalue weighted by molar-refractivity contribution is -0.153. The Bertz CT molecular complexity index is 473. The maximum absolute atomic E-state index is 12.4. The number of aryl methyl sites for hydroxylation is 1. The standard InChI is InChI=1S/C14H24N4O2/c1-11(7-15-3)13(19)18-5-6-20-14(2,10-18)12-8-16-17(4)9-12/h8-9,11,15H,5-7,10H2,1-4H3/t11-,14-/m0/s1. The number of ether oxygens (including phenoxy) is 1. The van der Waals surface area contributed by atoms with Crippen LogP contribution < -0.4 is 5.32 Å². The van der Waals surface area contributed by atoms with Crippen LogP contribution in [0.2, 0.25) is 0 Å². The molecule has 2 rings (SSSR count). The summed E-state index contributed by atoms with van der Waals surface area (Å²) in [6.07, 6.45) is 3.76. The molecule has 6 heteroatoms. The fourth-order valence-electron chi connectivity index (χ4n) is 2.63. The second kappa shape index (κ2) is 5.93. The van der Waals surface area contributed by atoms with Gasteiger partial charge in [-0.15, -0.1) is 0 Å². The van der Waals surface area contributed by atoms with Crippen molar-refractivity contribution in [2.75, 3.05) is 33.3 Å². The van der Waals surface area contributed by atoms with Crippen molar-refractivity contribution in [2.24, 2.45) is 13.0 Å². The van der Waals surface area contributed by atoms with E-state index in [0.29, 0.717) is 26.2 Å². The quantitative estimate of drug-likeness (QED) is 0.864. The van der Waals surface area contributed by atoms with E-state index >= 15 is 0 Å². The number of carbonyl (C=O) groups is 1. The van der Waals surface area contributed by atoms with Gasteiger partial charge in [-0.25, -0.2) is 0 Å². The van der Waals surface area contributed by atoms with Crippen LogP contribution in [0.1, 0.15) is 19.4 Å². The van der Waals surface area contributed by atoms with Crippen molar-refractivity contribution in [3.8, 4) is 0 Å². The van der Waals surface area contributed by atoms with E-state index in [1.807, 2.05) is 45.2 Å². The molecule has 1 saturated heterocycles. The molecule has 1 aliphatic heterocycles. The zero-order chi connectivity index (χ0) is 14.8. The van der Waals surface area contributed by atoms with E-state index in [1.54, 1.807) is 4.68 Å². The van der Waals surface area contributed by atoms with Gasteiger partial charge < -0.3 is 15.0 Å². The number of morpholine rings is 1. The van der Waals surface area contributed by atoms with Crippen LogP contribution in [0.3, 0.4) is 0 Å². The third kappa shape index (κ3) is 3.02. The first-order valence-corrected chi connectivity index (χ1v) is 7.03. The molecule has 0 radical (unpaired) electrons. The molecule has 6 nitrogen and oxygen atoms in total. The average molecular weight is 280 g/mol. The Hall–Kier alpha value is -1.40. The summed E-state index contributed by atoms with van der Waals surface area (Å²) in [7, 11) is 3.75. The molecule has 2 atom stereocenters. The smallest absolute Gasteiger partial charge is 0.226 e. The SMILES string of the molecule is CNC[C@H](C)C(=O)N1CCO[C@](C)(c2cnn(C)c2)C1. The highest BCUT2D eigenvalue weighted by atomic mass is 16.5. The summed E-state index contributed by atoms with van der Waals surface area (Å²) in [6.45, 7) is 6.46. The maximum atomic E-state index is 12.4. The fraction of sp³-hybridized carbons (Fsp3) is 0.714. The molecular formula is C14H24N4O2. The van der Waals surface area contributed by atoms with Crippen LogP contribution in [-0.4, -0.2) is 53.9 Å². The summed E-state index contributed by atoms with van der Waals surface area (Å²) in [6, 6.07) is 0. The Labute approximate surface area is 120 Å². The number of nitrogens with zero attached hydrogens (tertiary/aromatic N) is 3. The minimum absolute atomic E-state index is 0.0174. The Kier molecular flexibility index (Phi) is 4.45. The molecule has 112 valence electrons. The first-order chi connectivity index (χ1) is 9.46. The van der Waals surface area contributed by atoms with Gasteiger partial charge in [0, 0.05) is 37.8 Å². The summed E-state index contributed by atoms with van der Waals surface area (Å²) in [4.78, 5) is 14.3. The Morgan fingerprint density at radius 1 is 1.65 bits per heavy atom. The minimum atomic E-state index is -0.471. The summed E-state index contributed by atoms with van der Waals surface area (Å²) in [5.41, 5.74) is 0.542. The number of rotatable bonds is 4. The van der Waals surface area contributed by atoms with Gasteiger partial charge in [0.2, 0.25) is 5.91 Å². The topological polar surface area (TPSA) is 59.4 Å². The predicted octanol–water partition coefficient (Wildman–Crippen LogP) is 0.350. The van der Waals surface area contributed by atoms with Crippen molar-refractivity contribution >= 4 is 5.91 Å². The van der Waals surface area contributed by atoms with Gasteiger partial charge >= 0.3 is 0 Å². The number of carbonyl (C=O) groups excluding carboxylic acids is 1. The van der Waals surface area contributed by atoms with E-state index in [4.69, 9.17) is 4.74 Å². The molecule has 20 heavy (non-hydrogen) atoms. The van der Waals surface area contributed by atoms with Crippen LogP contribution in [0, 0.1) is 5.92 Å². The number of nitrogens with one attached hydrogen (secondary N) is 1. The van der Waals surface area contributed by atoms with Crippen molar-refractivity contribution in [2.45, 2.75) is 19.4 Å². The van der Waals surface area contributed by atoms with Gasteiger partial charge in [-0.3, -0.25) is 9.48 Å². The van der Waals surface area contributed by atoms with Crippen LogP contribution in [-0.2, 0) is 22.2 Å². The number of amides is 1. The molecule has 1 fully saturated rings. The van der Waals surface area contributed by atoms with Gasteiger partial charge in [0.1, 0.15) is 5.60 Å². The second-order valence-corrected chi connectivity index (χ2v) is 5.70. The highest BCUT2D eigenvalue weighted by molar-refractivity contribution is 5.79. The number of aromatic nitrogens is 2. The van der Waals surface area contributed by atoms with E-state index in [0.717, 1.165) is 5.56 Å². The van der Waals surface area contributed by atoms with E-state index in [1.165, 1.54) is 0 Å². The molecule has 0 spiro atoms. The minimum Gasteiger partial charge on any atom is -0.367 e. The van der Waals surface area contributed by atoms with Crippen molar-refractivity contribution in [3.05, 3.63) is 18.0 Å². The summed E-state index contributed by atoms with van der Waals surface area (Å²) in [5, 5.41) is 7.25. The highest BCUT2D eigenvalue weighted by Crippen LogP contribution is 2.29. The molecule has 0 unspecified atom stereocenters. The van der Waals surface area contributed by atoms with Gasteiger partial charge in [-0.1, -0.05) is 6.92 Å². The maximum Gasteiger partial charge on any atom is 0.226 e. The lowest BCUT2D eigenvalue weighted by Gasteiger charge is -2.41. The average Bonchev–Trinajstić information content (AvgIpc) is 2.86. The van der Waals surface area contributed by atoms with Crippen molar-refractivity contribution in [1.29, 1.82) is 0 Å². The van der Waals surface area contributed by atoms with Crippen LogP contribution in [0.4, 0.5) is 0 Å². The van der Waals surface area contributed by atoms with Gasteiger partial charge in [0.25, 0.3) is 0 Å². The second-order valence-electron chi connectivity index (χ2n) is 5.70. The van der Waals surface area contributed by atoms with Gasteiger partial charge in [-0.05, 0) is 14.0 Å². The Balaban J connectivity index is 2.10. The van der Waals surface area contributed by atoms with E-state index < -0.39 is 5.60 Å². The summed E-state index contributed by atoms with van der Waals surface area (Å²) in [5.74, 6) is 0.161. The van der Waals surface area contributed by atoms with Crippen LogP contribution in [0.5, 0.6) is 0 Å². The molecular weight excluding hydrogens is 256 g/mol. The van der Waals surface area contributed by atoms with Crippen molar-refractivity contribution in [1.82, 2.24) is 20.0 Å². The molecule has 0 saturated carbocycles. The van der Waals surface area contributed by atoms with E-state index in [9.17, 15) is 4.79 Å². The molecule has 1 aromatic heterocycles.